The fourth-order valence-corrected chi connectivity index (χ4v) is 4.56. The summed E-state index contributed by atoms with van der Waals surface area (Å²) in [6.07, 6.45) is 4.47. The maximum atomic E-state index is 14.5. The van der Waals surface area contributed by atoms with Crippen molar-refractivity contribution < 1.29 is 23.0 Å². The Bertz CT molecular complexity index is 624. The lowest BCUT2D eigenvalue weighted by Crippen LogP contribution is -2.46. The van der Waals surface area contributed by atoms with Crippen LogP contribution < -0.4 is 4.74 Å². The summed E-state index contributed by atoms with van der Waals surface area (Å²) in [5.41, 5.74) is -0.511. The number of hydrogen-bond acceptors (Lipinski definition) is 3. The van der Waals surface area contributed by atoms with Crippen molar-refractivity contribution in [2.45, 2.75) is 70.2 Å². The highest BCUT2D eigenvalue weighted by atomic mass is 35.5. The summed E-state index contributed by atoms with van der Waals surface area (Å²) < 4.78 is 45.5. The van der Waals surface area contributed by atoms with Crippen molar-refractivity contribution in [3.05, 3.63) is 28.5 Å². The van der Waals surface area contributed by atoms with E-state index in [9.17, 15) is 8.78 Å². The lowest BCUT2D eigenvalue weighted by atomic mass is 9.78. The van der Waals surface area contributed by atoms with Crippen LogP contribution in [-0.2, 0) is 9.47 Å². The van der Waals surface area contributed by atoms with Crippen LogP contribution in [0.5, 0.6) is 5.75 Å². The maximum absolute atomic E-state index is 14.5. The molecule has 1 heterocycles. The van der Waals surface area contributed by atoms with E-state index in [0.717, 1.165) is 37.7 Å². The van der Waals surface area contributed by atoms with Crippen LogP contribution in [0.25, 0.3) is 0 Å². The van der Waals surface area contributed by atoms with Crippen molar-refractivity contribution in [1.29, 1.82) is 0 Å². The van der Waals surface area contributed by atoms with Crippen LogP contribution >= 0.6 is 11.6 Å². The molecule has 0 N–H and O–H groups in total. The van der Waals surface area contributed by atoms with Gasteiger partial charge in [-0.2, -0.15) is 0 Å². The molecule has 0 unspecified atom stereocenters. The second-order valence-electron chi connectivity index (χ2n) is 7.72. The summed E-state index contributed by atoms with van der Waals surface area (Å²) in [6.45, 7) is 4.40. The van der Waals surface area contributed by atoms with Crippen LogP contribution in [-0.4, -0.2) is 31.8 Å². The molecule has 0 bridgehead atoms. The summed E-state index contributed by atoms with van der Waals surface area (Å²) in [5, 5.41) is 0.163. The first-order valence-corrected chi connectivity index (χ1v) is 10.4. The van der Waals surface area contributed by atoms with Gasteiger partial charge in [-0.15, -0.1) is 0 Å². The normalized spacial score (nSPS) is 31.7. The van der Waals surface area contributed by atoms with Gasteiger partial charge in [-0.05, 0) is 56.6 Å². The second kappa shape index (κ2) is 9.06. The van der Waals surface area contributed by atoms with E-state index in [1.165, 1.54) is 0 Å². The average molecular weight is 403 g/mol. The zero-order chi connectivity index (χ0) is 19.4. The third-order valence-electron chi connectivity index (χ3n) is 5.68. The smallest absolute Gasteiger partial charge is 0.183 e. The van der Waals surface area contributed by atoms with E-state index >= 15 is 0 Å². The summed E-state index contributed by atoms with van der Waals surface area (Å²) >= 11 is 6.27. The predicted octanol–water partition coefficient (Wildman–Crippen LogP) is 6.03. The minimum Gasteiger partial charge on any atom is -0.491 e. The molecule has 1 saturated heterocycles. The van der Waals surface area contributed by atoms with E-state index in [1.807, 2.05) is 19.9 Å². The minimum atomic E-state index is -1.35. The highest BCUT2D eigenvalue weighted by Gasteiger charge is 2.40. The Balaban J connectivity index is 1.56. The van der Waals surface area contributed by atoms with Crippen LogP contribution in [0.4, 0.5) is 8.78 Å². The fourth-order valence-electron chi connectivity index (χ4n) is 4.25. The molecule has 0 radical (unpaired) electrons. The minimum absolute atomic E-state index is 0.112. The first kappa shape index (κ1) is 20.8. The lowest BCUT2D eigenvalue weighted by Gasteiger charge is -2.40. The summed E-state index contributed by atoms with van der Waals surface area (Å²) in [6, 6.07) is 3.53. The standard InChI is InChI=1S/C21H29ClF2O3/c1-3-11-21(24)12-26-20(27-13-21)15-7-5-14(6-8-15)16-9-10-17(25-4-2)19(23)18(16)22/h9-10,14-15,20H,3-8,11-13H2,1-2H3. The zero-order valence-corrected chi connectivity index (χ0v) is 16.9. The molecule has 0 spiro atoms. The Morgan fingerprint density at radius 3 is 2.41 bits per heavy atom. The van der Waals surface area contributed by atoms with Gasteiger partial charge in [0.15, 0.2) is 23.5 Å². The highest BCUT2D eigenvalue weighted by molar-refractivity contribution is 6.31. The van der Waals surface area contributed by atoms with Gasteiger partial charge in [-0.25, -0.2) is 8.78 Å². The molecule has 0 aromatic heterocycles. The number of ether oxygens (including phenoxy) is 3. The molecule has 0 amide bonds. The van der Waals surface area contributed by atoms with Gasteiger partial charge in [-0.1, -0.05) is 31.0 Å². The molecule has 0 atom stereocenters. The molecule has 2 aliphatic rings. The Kier molecular flexibility index (Phi) is 6.98. The van der Waals surface area contributed by atoms with Gasteiger partial charge >= 0.3 is 0 Å². The second-order valence-corrected chi connectivity index (χ2v) is 8.09. The van der Waals surface area contributed by atoms with Crippen LogP contribution in [0.15, 0.2) is 12.1 Å². The first-order valence-electron chi connectivity index (χ1n) is 10.00. The molecule has 3 nitrogen and oxygen atoms in total. The number of hydrogen-bond donors (Lipinski definition) is 0. The van der Waals surface area contributed by atoms with Crippen molar-refractivity contribution in [1.82, 2.24) is 0 Å². The summed E-state index contributed by atoms with van der Waals surface area (Å²) in [4.78, 5) is 0. The molecular formula is C21H29ClF2O3. The highest BCUT2D eigenvalue weighted by Crippen LogP contribution is 2.43. The maximum Gasteiger partial charge on any atom is 0.183 e. The van der Waals surface area contributed by atoms with Gasteiger partial charge in [0.25, 0.3) is 0 Å². The van der Waals surface area contributed by atoms with Crippen molar-refractivity contribution >= 4 is 11.6 Å². The van der Waals surface area contributed by atoms with Crippen LogP contribution in [0, 0.1) is 11.7 Å². The predicted molar refractivity (Wildman–Crippen MR) is 102 cm³/mol. The van der Waals surface area contributed by atoms with E-state index in [-0.39, 0.29) is 42.1 Å². The molecule has 6 heteroatoms. The third-order valence-corrected chi connectivity index (χ3v) is 6.07. The molecule has 1 aromatic rings. The third kappa shape index (κ3) is 4.75. The quantitative estimate of drug-likeness (QED) is 0.581. The van der Waals surface area contributed by atoms with E-state index in [0.29, 0.717) is 13.0 Å². The Labute approximate surface area is 165 Å². The van der Waals surface area contributed by atoms with Gasteiger partial charge in [0, 0.05) is 5.92 Å². The molecule has 1 aliphatic carbocycles. The van der Waals surface area contributed by atoms with Crippen LogP contribution in [0.2, 0.25) is 5.02 Å². The van der Waals surface area contributed by atoms with Gasteiger partial charge in [0.2, 0.25) is 0 Å². The Morgan fingerprint density at radius 2 is 1.81 bits per heavy atom. The van der Waals surface area contributed by atoms with E-state index in [4.69, 9.17) is 25.8 Å². The van der Waals surface area contributed by atoms with E-state index < -0.39 is 11.5 Å². The average Bonchev–Trinajstić information content (AvgIpc) is 2.67. The van der Waals surface area contributed by atoms with Crippen LogP contribution in [0.3, 0.4) is 0 Å². The molecular weight excluding hydrogens is 374 g/mol. The molecule has 1 aliphatic heterocycles. The molecule has 1 aromatic carbocycles. The molecule has 2 fully saturated rings. The molecule has 1 saturated carbocycles. The van der Waals surface area contributed by atoms with Crippen molar-refractivity contribution in [2.24, 2.45) is 5.92 Å². The van der Waals surface area contributed by atoms with Crippen LogP contribution in [0.1, 0.15) is 63.9 Å². The number of rotatable bonds is 6. The SMILES string of the molecule is CCCC1(F)COC(C2CCC(c3ccc(OCC)c(F)c3Cl)CC2)OC1. The number of halogens is 3. The zero-order valence-electron chi connectivity index (χ0n) is 16.1. The molecule has 152 valence electrons. The van der Waals surface area contributed by atoms with Crippen molar-refractivity contribution in [3.8, 4) is 5.75 Å². The van der Waals surface area contributed by atoms with E-state index in [1.54, 1.807) is 6.07 Å². The fraction of sp³-hybridized carbons (Fsp3) is 0.714. The Hall–Kier alpha value is -0.910. The largest absolute Gasteiger partial charge is 0.491 e. The lowest BCUT2D eigenvalue weighted by molar-refractivity contribution is -0.257. The number of benzene rings is 1. The molecule has 3 rings (SSSR count). The monoisotopic (exact) mass is 402 g/mol. The Morgan fingerprint density at radius 1 is 1.15 bits per heavy atom. The van der Waals surface area contributed by atoms with Crippen molar-refractivity contribution in [3.63, 3.8) is 0 Å². The van der Waals surface area contributed by atoms with Crippen molar-refractivity contribution in [2.75, 3.05) is 19.8 Å². The summed E-state index contributed by atoms with van der Waals surface area (Å²) in [7, 11) is 0. The van der Waals surface area contributed by atoms with Gasteiger partial charge in [-0.3, -0.25) is 0 Å². The number of alkyl halides is 1. The molecule has 27 heavy (non-hydrogen) atoms. The first-order chi connectivity index (χ1) is 13.0. The summed E-state index contributed by atoms with van der Waals surface area (Å²) in [5.74, 6) is 0.180. The van der Waals surface area contributed by atoms with Gasteiger partial charge in [0.1, 0.15) is 0 Å². The van der Waals surface area contributed by atoms with E-state index in [2.05, 4.69) is 0 Å². The van der Waals surface area contributed by atoms with Gasteiger partial charge < -0.3 is 14.2 Å². The van der Waals surface area contributed by atoms with Gasteiger partial charge in [0.05, 0.1) is 24.8 Å². The topological polar surface area (TPSA) is 27.7 Å².